The normalized spacial score (nSPS) is 12.9. The van der Waals surface area contributed by atoms with Crippen LogP contribution in [0.15, 0.2) is 60.7 Å². The SMILES string of the molecule is CCCCC(CC)COC(=O)CSC(C(=O)c1ccccc1)c1ccccc1. The molecule has 4 heteroatoms. The molecule has 0 spiro atoms. The summed E-state index contributed by atoms with van der Waals surface area (Å²) >= 11 is 1.34. The molecule has 150 valence electrons. The van der Waals surface area contributed by atoms with Gasteiger partial charge in [0.1, 0.15) is 0 Å². The van der Waals surface area contributed by atoms with E-state index in [9.17, 15) is 9.59 Å². The predicted molar refractivity (Wildman–Crippen MR) is 117 cm³/mol. The van der Waals surface area contributed by atoms with Crippen LogP contribution < -0.4 is 0 Å². The van der Waals surface area contributed by atoms with Gasteiger partial charge in [-0.2, -0.15) is 0 Å². The minimum atomic E-state index is -0.418. The van der Waals surface area contributed by atoms with Gasteiger partial charge in [-0.3, -0.25) is 9.59 Å². The predicted octanol–water partition coefficient (Wildman–Crippen LogP) is 6.10. The number of esters is 1. The highest BCUT2D eigenvalue weighted by Gasteiger charge is 2.24. The molecular formula is C24H30O3S. The average molecular weight is 399 g/mol. The van der Waals surface area contributed by atoms with Crippen LogP contribution in [0.4, 0.5) is 0 Å². The lowest BCUT2D eigenvalue weighted by Gasteiger charge is -2.17. The smallest absolute Gasteiger partial charge is 0.315 e. The van der Waals surface area contributed by atoms with E-state index in [2.05, 4.69) is 13.8 Å². The van der Waals surface area contributed by atoms with Crippen LogP contribution in [0.3, 0.4) is 0 Å². The number of ketones is 1. The zero-order chi connectivity index (χ0) is 20.2. The first-order chi connectivity index (χ1) is 13.7. The largest absolute Gasteiger partial charge is 0.465 e. The second-order valence-corrected chi connectivity index (χ2v) is 8.02. The molecule has 0 saturated carbocycles. The van der Waals surface area contributed by atoms with Crippen molar-refractivity contribution in [1.82, 2.24) is 0 Å². The van der Waals surface area contributed by atoms with Crippen LogP contribution >= 0.6 is 11.8 Å². The average Bonchev–Trinajstić information content (AvgIpc) is 2.75. The van der Waals surface area contributed by atoms with E-state index in [4.69, 9.17) is 4.74 Å². The number of unbranched alkanes of at least 4 members (excludes halogenated alkanes) is 1. The Morgan fingerprint density at radius 2 is 1.61 bits per heavy atom. The van der Waals surface area contributed by atoms with Gasteiger partial charge in [0.15, 0.2) is 5.78 Å². The van der Waals surface area contributed by atoms with Crippen LogP contribution in [0.1, 0.15) is 60.7 Å². The van der Waals surface area contributed by atoms with Gasteiger partial charge in [0.25, 0.3) is 0 Å². The highest BCUT2D eigenvalue weighted by molar-refractivity contribution is 8.00. The summed E-state index contributed by atoms with van der Waals surface area (Å²) in [7, 11) is 0. The number of carbonyl (C=O) groups excluding carboxylic acids is 2. The van der Waals surface area contributed by atoms with E-state index in [1.807, 2.05) is 60.7 Å². The van der Waals surface area contributed by atoms with E-state index in [1.165, 1.54) is 11.8 Å². The highest BCUT2D eigenvalue weighted by Crippen LogP contribution is 2.32. The quantitative estimate of drug-likeness (QED) is 0.320. The first-order valence-corrected chi connectivity index (χ1v) is 11.1. The van der Waals surface area contributed by atoms with Crippen molar-refractivity contribution in [3.63, 3.8) is 0 Å². The van der Waals surface area contributed by atoms with Crippen LogP contribution in [0.25, 0.3) is 0 Å². The third kappa shape index (κ3) is 7.16. The Morgan fingerprint density at radius 1 is 0.964 bits per heavy atom. The van der Waals surface area contributed by atoms with Crippen LogP contribution in [0.5, 0.6) is 0 Å². The topological polar surface area (TPSA) is 43.4 Å². The Hall–Kier alpha value is -2.07. The standard InChI is InChI=1S/C24H30O3S/c1-3-5-12-19(4-2)17-27-22(25)18-28-24(21-15-10-7-11-16-21)23(26)20-13-8-6-9-14-20/h6-11,13-16,19,24H,3-5,12,17-18H2,1-2H3. The molecule has 0 heterocycles. The molecule has 2 atom stereocenters. The molecule has 0 bridgehead atoms. The molecule has 0 amide bonds. The molecule has 2 rings (SSSR count). The third-order valence-electron chi connectivity index (χ3n) is 4.79. The molecule has 0 saturated heterocycles. The van der Waals surface area contributed by atoms with Crippen molar-refractivity contribution < 1.29 is 14.3 Å². The number of benzene rings is 2. The minimum Gasteiger partial charge on any atom is -0.465 e. The van der Waals surface area contributed by atoms with Gasteiger partial charge in [-0.15, -0.1) is 11.8 Å². The maximum Gasteiger partial charge on any atom is 0.315 e. The number of ether oxygens (including phenoxy) is 1. The van der Waals surface area contributed by atoms with Crippen LogP contribution in [0, 0.1) is 5.92 Å². The van der Waals surface area contributed by atoms with Crippen molar-refractivity contribution in [2.45, 2.75) is 44.8 Å². The third-order valence-corrected chi connectivity index (χ3v) is 6.01. The van der Waals surface area contributed by atoms with E-state index in [0.29, 0.717) is 18.1 Å². The summed E-state index contributed by atoms with van der Waals surface area (Å²) in [6.45, 7) is 4.77. The molecule has 2 aromatic rings. The van der Waals surface area contributed by atoms with E-state index in [0.717, 1.165) is 31.2 Å². The zero-order valence-electron chi connectivity index (χ0n) is 16.8. The fourth-order valence-electron chi connectivity index (χ4n) is 3.01. The van der Waals surface area contributed by atoms with Gasteiger partial charge < -0.3 is 4.74 Å². The monoisotopic (exact) mass is 398 g/mol. The maximum absolute atomic E-state index is 13.0. The Bertz CT molecular complexity index is 715. The number of thioether (sulfide) groups is 1. The molecule has 3 nitrogen and oxygen atoms in total. The van der Waals surface area contributed by atoms with Crippen molar-refractivity contribution in [2.24, 2.45) is 5.92 Å². The summed E-state index contributed by atoms with van der Waals surface area (Å²) in [5, 5.41) is -0.418. The number of carbonyl (C=O) groups is 2. The molecule has 0 aliphatic carbocycles. The van der Waals surface area contributed by atoms with Crippen LogP contribution in [-0.2, 0) is 9.53 Å². The number of Topliss-reactive ketones (excluding diaryl/α,β-unsaturated/α-hetero) is 1. The van der Waals surface area contributed by atoms with E-state index < -0.39 is 5.25 Å². The van der Waals surface area contributed by atoms with Gasteiger partial charge in [-0.05, 0) is 17.9 Å². The Balaban J connectivity index is 1.97. The Labute approximate surface area is 172 Å². The van der Waals surface area contributed by atoms with Crippen LogP contribution in [-0.4, -0.2) is 24.1 Å². The first kappa shape index (κ1) is 22.2. The van der Waals surface area contributed by atoms with Gasteiger partial charge in [-0.25, -0.2) is 0 Å². The van der Waals surface area contributed by atoms with Crippen molar-refractivity contribution in [2.75, 3.05) is 12.4 Å². The van der Waals surface area contributed by atoms with Gasteiger partial charge in [0.05, 0.1) is 17.6 Å². The fourth-order valence-corrected chi connectivity index (χ4v) is 4.03. The second-order valence-electron chi connectivity index (χ2n) is 6.93. The molecular weight excluding hydrogens is 368 g/mol. The van der Waals surface area contributed by atoms with E-state index >= 15 is 0 Å². The molecule has 0 radical (unpaired) electrons. The van der Waals surface area contributed by atoms with Gasteiger partial charge in [0, 0.05) is 5.56 Å². The molecule has 2 aromatic carbocycles. The first-order valence-electron chi connectivity index (χ1n) is 10.1. The number of rotatable bonds is 12. The van der Waals surface area contributed by atoms with Gasteiger partial charge in [-0.1, -0.05) is 93.8 Å². The summed E-state index contributed by atoms with van der Waals surface area (Å²) in [4.78, 5) is 25.3. The van der Waals surface area contributed by atoms with Gasteiger partial charge >= 0.3 is 5.97 Å². The minimum absolute atomic E-state index is 0.0129. The van der Waals surface area contributed by atoms with Crippen molar-refractivity contribution in [1.29, 1.82) is 0 Å². The van der Waals surface area contributed by atoms with Gasteiger partial charge in [0.2, 0.25) is 0 Å². The second kappa shape index (κ2) is 12.4. The highest BCUT2D eigenvalue weighted by atomic mass is 32.2. The summed E-state index contributed by atoms with van der Waals surface area (Å²) in [6.07, 6.45) is 4.42. The van der Waals surface area contributed by atoms with Crippen molar-refractivity contribution in [3.8, 4) is 0 Å². The summed E-state index contributed by atoms with van der Waals surface area (Å²) in [5.41, 5.74) is 1.56. The number of hydrogen-bond donors (Lipinski definition) is 0. The summed E-state index contributed by atoms with van der Waals surface area (Å²) < 4.78 is 5.49. The van der Waals surface area contributed by atoms with Crippen LogP contribution in [0.2, 0.25) is 0 Å². The van der Waals surface area contributed by atoms with E-state index in [-0.39, 0.29) is 17.5 Å². The lowest BCUT2D eigenvalue weighted by atomic mass is 10.0. The maximum atomic E-state index is 13.0. The van der Waals surface area contributed by atoms with E-state index in [1.54, 1.807) is 0 Å². The molecule has 0 aromatic heterocycles. The van der Waals surface area contributed by atoms with Crippen molar-refractivity contribution in [3.05, 3.63) is 71.8 Å². The fraction of sp³-hybridized carbons (Fsp3) is 0.417. The molecule has 0 fully saturated rings. The summed E-state index contributed by atoms with van der Waals surface area (Å²) in [6, 6.07) is 18.9. The zero-order valence-corrected chi connectivity index (χ0v) is 17.6. The molecule has 0 aliphatic heterocycles. The van der Waals surface area contributed by atoms with Crippen molar-refractivity contribution >= 4 is 23.5 Å². The summed E-state index contributed by atoms with van der Waals surface area (Å²) in [5.74, 6) is 0.355. The lowest BCUT2D eigenvalue weighted by Crippen LogP contribution is -2.17. The molecule has 0 aliphatic rings. The molecule has 0 N–H and O–H groups in total. The Kier molecular flexibility index (Phi) is 9.84. The Morgan fingerprint density at radius 3 is 2.21 bits per heavy atom. The number of hydrogen-bond acceptors (Lipinski definition) is 4. The lowest BCUT2D eigenvalue weighted by molar-refractivity contribution is -0.141. The molecule has 28 heavy (non-hydrogen) atoms. The molecule has 2 unspecified atom stereocenters.